The van der Waals surface area contributed by atoms with Crippen LogP contribution in [0, 0.1) is 0 Å². The Hall–Kier alpha value is -1.02. The Morgan fingerprint density at radius 2 is 2.15 bits per heavy atom. The number of aromatic nitrogens is 2. The van der Waals surface area contributed by atoms with Crippen molar-refractivity contribution in [3.63, 3.8) is 0 Å². The van der Waals surface area contributed by atoms with E-state index < -0.39 is 0 Å². The van der Waals surface area contributed by atoms with Crippen LogP contribution in [0.3, 0.4) is 0 Å². The normalized spacial score (nSPS) is 11.4. The zero-order chi connectivity index (χ0) is 9.42. The van der Waals surface area contributed by atoms with E-state index in [1.54, 1.807) is 6.33 Å². The molecule has 3 heteroatoms. The third-order valence-electron chi connectivity index (χ3n) is 2.06. The molecule has 2 nitrogen and oxygen atoms in total. The molecular weight excluding hydrogens is 184 g/mol. The summed E-state index contributed by atoms with van der Waals surface area (Å²) >= 11 is 5.87. The topological polar surface area (TPSA) is 17.3 Å². The lowest BCUT2D eigenvalue weighted by atomic mass is 10.1. The quantitative estimate of drug-likeness (QED) is 0.682. The van der Waals surface area contributed by atoms with E-state index in [1.165, 1.54) is 0 Å². The van der Waals surface area contributed by atoms with Gasteiger partial charge in [0.1, 0.15) is 0 Å². The van der Waals surface area contributed by atoms with Crippen LogP contribution in [0.1, 0.15) is 25.5 Å². The molecule has 2 heterocycles. The van der Waals surface area contributed by atoms with E-state index in [0.29, 0.717) is 5.92 Å². The highest BCUT2D eigenvalue weighted by molar-refractivity contribution is 6.31. The first-order chi connectivity index (χ1) is 6.16. The molecule has 0 aliphatic heterocycles. The second-order valence-corrected chi connectivity index (χ2v) is 3.90. The second-order valence-electron chi connectivity index (χ2n) is 3.46. The van der Waals surface area contributed by atoms with Crippen LogP contribution in [0.4, 0.5) is 0 Å². The molecule has 0 amide bonds. The van der Waals surface area contributed by atoms with Gasteiger partial charge in [0.15, 0.2) is 0 Å². The number of halogens is 1. The maximum absolute atomic E-state index is 5.87. The SMILES string of the molecule is CC(C)c1cc2cc(Cl)cn2cn1. The van der Waals surface area contributed by atoms with Crippen molar-refractivity contribution >= 4 is 17.1 Å². The van der Waals surface area contributed by atoms with Crippen LogP contribution < -0.4 is 0 Å². The molecule has 0 unspecified atom stereocenters. The van der Waals surface area contributed by atoms with Gasteiger partial charge in [0.25, 0.3) is 0 Å². The van der Waals surface area contributed by atoms with Gasteiger partial charge < -0.3 is 4.40 Å². The molecule has 0 bridgehead atoms. The lowest BCUT2D eigenvalue weighted by molar-refractivity contribution is 0.813. The zero-order valence-corrected chi connectivity index (χ0v) is 8.42. The van der Waals surface area contributed by atoms with Gasteiger partial charge in [-0.3, -0.25) is 0 Å². The molecule has 0 aliphatic carbocycles. The number of nitrogens with zero attached hydrogens (tertiary/aromatic N) is 2. The van der Waals surface area contributed by atoms with Crippen LogP contribution in [0.2, 0.25) is 5.02 Å². The van der Waals surface area contributed by atoms with Gasteiger partial charge in [0.05, 0.1) is 11.3 Å². The Balaban J connectivity index is 2.61. The molecule has 0 saturated carbocycles. The molecule has 68 valence electrons. The molecule has 2 rings (SSSR count). The van der Waals surface area contributed by atoms with Gasteiger partial charge in [-0.25, -0.2) is 4.98 Å². The van der Waals surface area contributed by atoms with E-state index in [9.17, 15) is 0 Å². The van der Waals surface area contributed by atoms with Crippen LogP contribution in [-0.4, -0.2) is 9.38 Å². The average Bonchev–Trinajstić information content (AvgIpc) is 2.42. The Bertz CT molecular complexity index is 431. The number of hydrogen-bond acceptors (Lipinski definition) is 1. The molecule has 2 aromatic rings. The van der Waals surface area contributed by atoms with Crippen LogP contribution in [-0.2, 0) is 0 Å². The van der Waals surface area contributed by atoms with Crippen molar-refractivity contribution in [1.29, 1.82) is 0 Å². The highest BCUT2D eigenvalue weighted by Gasteiger charge is 2.02. The van der Waals surface area contributed by atoms with E-state index in [4.69, 9.17) is 11.6 Å². The molecule has 0 N–H and O–H groups in total. The van der Waals surface area contributed by atoms with Crippen molar-refractivity contribution in [2.75, 3.05) is 0 Å². The maximum Gasteiger partial charge on any atom is 0.0994 e. The highest BCUT2D eigenvalue weighted by Crippen LogP contribution is 2.18. The fourth-order valence-corrected chi connectivity index (χ4v) is 1.53. The number of rotatable bonds is 1. The molecule has 0 spiro atoms. The van der Waals surface area contributed by atoms with E-state index in [-0.39, 0.29) is 0 Å². The Labute approximate surface area is 82.2 Å². The molecular formula is C10H11ClN2. The number of fused-ring (bicyclic) bond motifs is 1. The molecule has 0 atom stereocenters. The first-order valence-corrected chi connectivity index (χ1v) is 4.68. The Morgan fingerprint density at radius 3 is 2.85 bits per heavy atom. The molecule has 0 aliphatic rings. The van der Waals surface area contributed by atoms with Gasteiger partial charge in [0, 0.05) is 17.4 Å². The Morgan fingerprint density at radius 1 is 1.38 bits per heavy atom. The monoisotopic (exact) mass is 194 g/mol. The summed E-state index contributed by atoms with van der Waals surface area (Å²) in [5, 5.41) is 0.753. The first kappa shape index (κ1) is 8.57. The van der Waals surface area contributed by atoms with Gasteiger partial charge >= 0.3 is 0 Å². The minimum Gasteiger partial charge on any atom is -0.306 e. The van der Waals surface area contributed by atoms with Gasteiger partial charge in [-0.15, -0.1) is 0 Å². The smallest absolute Gasteiger partial charge is 0.0994 e. The van der Waals surface area contributed by atoms with Gasteiger partial charge in [-0.2, -0.15) is 0 Å². The second kappa shape index (κ2) is 3.04. The highest BCUT2D eigenvalue weighted by atomic mass is 35.5. The van der Waals surface area contributed by atoms with Gasteiger partial charge in [0.2, 0.25) is 0 Å². The minimum atomic E-state index is 0.457. The van der Waals surface area contributed by atoms with Crippen molar-refractivity contribution in [3.05, 3.63) is 35.4 Å². The fraction of sp³-hybridized carbons (Fsp3) is 0.300. The van der Waals surface area contributed by atoms with Crippen LogP contribution in [0.25, 0.3) is 5.52 Å². The fourth-order valence-electron chi connectivity index (χ4n) is 1.31. The minimum absolute atomic E-state index is 0.457. The summed E-state index contributed by atoms with van der Waals surface area (Å²) in [5.41, 5.74) is 2.20. The van der Waals surface area contributed by atoms with Crippen molar-refractivity contribution in [1.82, 2.24) is 9.38 Å². The summed E-state index contributed by atoms with van der Waals surface area (Å²) in [4.78, 5) is 4.32. The van der Waals surface area contributed by atoms with E-state index >= 15 is 0 Å². The number of hydrogen-bond donors (Lipinski definition) is 0. The molecule has 13 heavy (non-hydrogen) atoms. The summed E-state index contributed by atoms with van der Waals surface area (Å²) in [6.45, 7) is 4.26. The van der Waals surface area contributed by atoms with E-state index in [0.717, 1.165) is 16.2 Å². The van der Waals surface area contributed by atoms with E-state index in [1.807, 2.05) is 16.7 Å². The molecule has 0 aromatic carbocycles. The summed E-state index contributed by atoms with van der Waals surface area (Å²) in [6, 6.07) is 4.01. The van der Waals surface area contributed by atoms with Crippen molar-refractivity contribution in [3.8, 4) is 0 Å². The van der Waals surface area contributed by atoms with Crippen molar-refractivity contribution < 1.29 is 0 Å². The van der Waals surface area contributed by atoms with Crippen LogP contribution in [0.15, 0.2) is 24.7 Å². The van der Waals surface area contributed by atoms with Gasteiger partial charge in [-0.05, 0) is 18.1 Å². The molecule has 0 fully saturated rings. The summed E-state index contributed by atoms with van der Waals surface area (Å²) in [6.07, 6.45) is 3.66. The largest absolute Gasteiger partial charge is 0.306 e. The summed E-state index contributed by atoms with van der Waals surface area (Å²) in [7, 11) is 0. The Kier molecular flexibility index (Phi) is 2.00. The standard InChI is InChI=1S/C10H11ClN2/c1-7(2)10-4-9-3-8(11)5-13(9)6-12-10/h3-7H,1-2H3. The van der Waals surface area contributed by atoms with Gasteiger partial charge in [-0.1, -0.05) is 25.4 Å². The molecule has 0 radical (unpaired) electrons. The maximum atomic E-state index is 5.87. The molecule has 0 saturated heterocycles. The van der Waals surface area contributed by atoms with Crippen LogP contribution >= 0.6 is 11.6 Å². The molecule has 2 aromatic heterocycles. The predicted octanol–water partition coefficient (Wildman–Crippen LogP) is 3.11. The van der Waals surface area contributed by atoms with E-state index in [2.05, 4.69) is 24.9 Å². The predicted molar refractivity (Wildman–Crippen MR) is 54.3 cm³/mol. The lowest BCUT2D eigenvalue weighted by Gasteiger charge is -2.03. The first-order valence-electron chi connectivity index (χ1n) is 4.30. The van der Waals surface area contributed by atoms with Crippen molar-refractivity contribution in [2.24, 2.45) is 0 Å². The summed E-state index contributed by atoms with van der Waals surface area (Å²) < 4.78 is 1.92. The van der Waals surface area contributed by atoms with Crippen molar-refractivity contribution in [2.45, 2.75) is 19.8 Å². The zero-order valence-electron chi connectivity index (χ0n) is 7.66. The van der Waals surface area contributed by atoms with Crippen LogP contribution in [0.5, 0.6) is 0 Å². The summed E-state index contributed by atoms with van der Waals surface area (Å²) in [5.74, 6) is 0.457. The average molecular weight is 195 g/mol. The third-order valence-corrected chi connectivity index (χ3v) is 2.27. The third kappa shape index (κ3) is 1.54. The lowest BCUT2D eigenvalue weighted by Crippen LogP contribution is -1.94.